The third-order valence-electron chi connectivity index (χ3n) is 2.83. The molecular weight excluding hydrogens is 291 g/mol. The fraction of sp³-hybridized carbons (Fsp3) is 0.0769. The second-order valence-corrected chi connectivity index (χ2v) is 4.47. The van der Waals surface area contributed by atoms with E-state index in [4.69, 9.17) is 11.6 Å². The zero-order valence-electron chi connectivity index (χ0n) is 9.89. The number of fused-ring (bicyclic) bond motifs is 1. The van der Waals surface area contributed by atoms with Gasteiger partial charge < -0.3 is 0 Å². The van der Waals surface area contributed by atoms with Crippen LogP contribution < -0.4 is 0 Å². The summed E-state index contributed by atoms with van der Waals surface area (Å²) in [6, 6.07) is 6.81. The Balaban J connectivity index is 2.29. The quantitative estimate of drug-likeness (QED) is 0.678. The molecule has 0 radical (unpaired) electrons. The van der Waals surface area contributed by atoms with Gasteiger partial charge in [-0.3, -0.25) is 0 Å². The summed E-state index contributed by atoms with van der Waals surface area (Å²) < 4.78 is 40.4. The Hall–Kier alpha value is -2.08. The zero-order valence-corrected chi connectivity index (χ0v) is 10.7. The maximum Gasteiger partial charge on any atom is 0.417 e. The first-order valence-electron chi connectivity index (χ1n) is 5.64. The fourth-order valence-corrected chi connectivity index (χ4v) is 2.24. The molecule has 0 fully saturated rings. The lowest BCUT2D eigenvalue weighted by molar-refractivity contribution is -0.137. The van der Waals surface area contributed by atoms with Gasteiger partial charge in [0, 0.05) is 18.0 Å². The first kappa shape index (κ1) is 12.9. The minimum absolute atomic E-state index is 0.0597. The molecular formula is C13H7ClF3N3. The highest BCUT2D eigenvalue weighted by Crippen LogP contribution is 2.39. The van der Waals surface area contributed by atoms with Gasteiger partial charge in [-0.1, -0.05) is 29.8 Å². The molecule has 2 heterocycles. The predicted octanol–water partition coefficient (Wildman–Crippen LogP) is 4.07. The average molecular weight is 298 g/mol. The van der Waals surface area contributed by atoms with E-state index in [0.29, 0.717) is 5.65 Å². The molecule has 0 aliphatic heterocycles. The van der Waals surface area contributed by atoms with Crippen molar-refractivity contribution in [2.45, 2.75) is 6.18 Å². The summed E-state index contributed by atoms with van der Waals surface area (Å²) in [6.45, 7) is 0. The topological polar surface area (TPSA) is 30.2 Å². The van der Waals surface area contributed by atoms with Crippen LogP contribution in [-0.2, 0) is 6.18 Å². The largest absolute Gasteiger partial charge is 0.417 e. The van der Waals surface area contributed by atoms with Gasteiger partial charge in [0.15, 0.2) is 5.65 Å². The molecule has 0 saturated heterocycles. The molecule has 7 heteroatoms. The van der Waals surface area contributed by atoms with Gasteiger partial charge in [0.25, 0.3) is 0 Å². The predicted molar refractivity (Wildman–Crippen MR) is 68.4 cm³/mol. The van der Waals surface area contributed by atoms with Crippen molar-refractivity contribution in [3.63, 3.8) is 0 Å². The molecule has 0 saturated carbocycles. The van der Waals surface area contributed by atoms with E-state index in [-0.39, 0.29) is 16.3 Å². The van der Waals surface area contributed by atoms with Crippen molar-refractivity contribution in [2.24, 2.45) is 0 Å². The lowest BCUT2D eigenvalue weighted by Crippen LogP contribution is -2.07. The van der Waals surface area contributed by atoms with Crippen LogP contribution in [0.25, 0.3) is 16.9 Å². The summed E-state index contributed by atoms with van der Waals surface area (Å²) in [6.07, 6.45) is -1.39. The van der Waals surface area contributed by atoms with E-state index in [1.165, 1.54) is 28.9 Å². The van der Waals surface area contributed by atoms with E-state index < -0.39 is 11.7 Å². The molecule has 0 amide bonds. The lowest BCUT2D eigenvalue weighted by atomic mass is 10.0. The highest BCUT2D eigenvalue weighted by molar-refractivity contribution is 6.36. The Morgan fingerprint density at radius 1 is 1.10 bits per heavy atom. The molecule has 0 aliphatic rings. The van der Waals surface area contributed by atoms with Crippen LogP contribution in [0.4, 0.5) is 13.2 Å². The highest BCUT2D eigenvalue weighted by atomic mass is 35.5. The van der Waals surface area contributed by atoms with Gasteiger partial charge in [-0.15, -0.1) is 0 Å². The molecule has 2 aromatic heterocycles. The number of rotatable bonds is 1. The molecule has 0 unspecified atom stereocenters. The van der Waals surface area contributed by atoms with Crippen molar-refractivity contribution < 1.29 is 13.2 Å². The van der Waals surface area contributed by atoms with Crippen LogP contribution in [-0.4, -0.2) is 14.6 Å². The number of hydrogen-bond acceptors (Lipinski definition) is 2. The van der Waals surface area contributed by atoms with Crippen LogP contribution in [0.15, 0.2) is 42.7 Å². The molecule has 3 nitrogen and oxygen atoms in total. The molecule has 3 aromatic rings. The van der Waals surface area contributed by atoms with Gasteiger partial charge in [0.2, 0.25) is 0 Å². The molecule has 0 atom stereocenters. The number of halogens is 4. The standard InChI is InChI=1S/C13H7ClF3N3/c14-10-11(19-20-7-3-6-18-12(10)20)8-4-1-2-5-9(8)13(15,16)17/h1-7H. The minimum atomic E-state index is -4.47. The van der Waals surface area contributed by atoms with Crippen LogP contribution in [0, 0.1) is 0 Å². The van der Waals surface area contributed by atoms with E-state index in [2.05, 4.69) is 10.1 Å². The normalized spacial score (nSPS) is 12.0. The third-order valence-corrected chi connectivity index (χ3v) is 3.17. The van der Waals surface area contributed by atoms with E-state index in [9.17, 15) is 13.2 Å². The Labute approximate surface area is 116 Å². The van der Waals surface area contributed by atoms with Gasteiger partial charge in [-0.25, -0.2) is 9.50 Å². The van der Waals surface area contributed by atoms with Crippen LogP contribution >= 0.6 is 11.6 Å². The maximum absolute atomic E-state index is 13.0. The Bertz CT molecular complexity index is 780. The Kier molecular flexibility index (Phi) is 2.90. The van der Waals surface area contributed by atoms with Crippen LogP contribution in [0.5, 0.6) is 0 Å². The summed E-state index contributed by atoms with van der Waals surface area (Å²) in [7, 11) is 0. The first-order chi connectivity index (χ1) is 9.48. The first-order valence-corrected chi connectivity index (χ1v) is 6.02. The van der Waals surface area contributed by atoms with Crippen LogP contribution in [0.2, 0.25) is 5.02 Å². The number of alkyl halides is 3. The van der Waals surface area contributed by atoms with Crippen LogP contribution in [0.3, 0.4) is 0 Å². The van der Waals surface area contributed by atoms with E-state index in [1.807, 2.05) is 0 Å². The molecule has 20 heavy (non-hydrogen) atoms. The summed E-state index contributed by atoms with van der Waals surface area (Å²) >= 11 is 6.10. The SMILES string of the molecule is FC(F)(F)c1ccccc1-c1nn2cccnc2c1Cl. The van der Waals surface area contributed by atoms with Crippen molar-refractivity contribution in [1.29, 1.82) is 0 Å². The average Bonchev–Trinajstić information content (AvgIpc) is 2.76. The Morgan fingerprint density at radius 2 is 1.85 bits per heavy atom. The van der Waals surface area contributed by atoms with Crippen molar-refractivity contribution in [3.05, 3.63) is 53.3 Å². The van der Waals surface area contributed by atoms with Crippen molar-refractivity contribution in [1.82, 2.24) is 14.6 Å². The van der Waals surface area contributed by atoms with E-state index in [0.717, 1.165) is 6.07 Å². The number of benzene rings is 1. The fourth-order valence-electron chi connectivity index (χ4n) is 1.97. The van der Waals surface area contributed by atoms with Crippen molar-refractivity contribution in [2.75, 3.05) is 0 Å². The monoisotopic (exact) mass is 297 g/mol. The summed E-state index contributed by atoms with van der Waals surface area (Å²) in [4.78, 5) is 4.01. The van der Waals surface area contributed by atoms with Crippen molar-refractivity contribution >= 4 is 17.2 Å². The van der Waals surface area contributed by atoms with Gasteiger partial charge >= 0.3 is 6.18 Å². The third kappa shape index (κ3) is 2.02. The van der Waals surface area contributed by atoms with Crippen LogP contribution in [0.1, 0.15) is 5.56 Å². The summed E-state index contributed by atoms with van der Waals surface area (Å²) in [5.41, 5.74) is -0.444. The number of nitrogens with zero attached hydrogens (tertiary/aromatic N) is 3. The smallest absolute Gasteiger partial charge is 0.236 e. The van der Waals surface area contributed by atoms with E-state index in [1.54, 1.807) is 12.3 Å². The molecule has 1 aromatic carbocycles. The van der Waals surface area contributed by atoms with Gasteiger partial charge in [0.1, 0.15) is 10.7 Å². The zero-order chi connectivity index (χ0) is 14.3. The molecule has 0 N–H and O–H groups in total. The van der Waals surface area contributed by atoms with Gasteiger partial charge in [0.05, 0.1) is 5.56 Å². The molecule has 0 spiro atoms. The summed E-state index contributed by atoms with van der Waals surface area (Å²) in [5.74, 6) is 0. The second kappa shape index (κ2) is 4.49. The second-order valence-electron chi connectivity index (χ2n) is 4.09. The Morgan fingerprint density at radius 3 is 2.55 bits per heavy atom. The maximum atomic E-state index is 13.0. The lowest BCUT2D eigenvalue weighted by Gasteiger charge is -2.10. The number of aromatic nitrogens is 3. The van der Waals surface area contributed by atoms with Crippen molar-refractivity contribution in [3.8, 4) is 11.3 Å². The minimum Gasteiger partial charge on any atom is -0.236 e. The molecule has 102 valence electrons. The molecule has 0 bridgehead atoms. The van der Waals surface area contributed by atoms with Gasteiger partial charge in [-0.2, -0.15) is 18.3 Å². The molecule has 0 aliphatic carbocycles. The number of hydrogen-bond donors (Lipinski definition) is 0. The molecule has 3 rings (SSSR count). The highest BCUT2D eigenvalue weighted by Gasteiger charge is 2.34. The summed E-state index contributed by atoms with van der Waals surface area (Å²) in [5, 5.41) is 4.18. The van der Waals surface area contributed by atoms with E-state index >= 15 is 0 Å². The van der Waals surface area contributed by atoms with Gasteiger partial charge in [-0.05, 0) is 12.1 Å².